The number of carbonyl (C=O) groups excluding carboxylic acids is 1. The molecule has 3 nitrogen and oxygen atoms in total. The summed E-state index contributed by atoms with van der Waals surface area (Å²) in [6, 6.07) is 15.9. The van der Waals surface area contributed by atoms with E-state index in [4.69, 9.17) is 23.2 Å². The molecule has 0 atom stereocenters. The molecule has 1 aliphatic heterocycles. The van der Waals surface area contributed by atoms with E-state index >= 15 is 0 Å². The Bertz CT molecular complexity index is 713. The van der Waals surface area contributed by atoms with Crippen molar-refractivity contribution in [1.82, 2.24) is 10.2 Å². The van der Waals surface area contributed by atoms with Crippen LogP contribution < -0.4 is 5.32 Å². The summed E-state index contributed by atoms with van der Waals surface area (Å²) in [5, 5.41) is 4.13. The van der Waals surface area contributed by atoms with E-state index in [0.717, 1.165) is 37.9 Å². The van der Waals surface area contributed by atoms with Gasteiger partial charge in [-0.2, -0.15) is 0 Å². The minimum absolute atomic E-state index is 0.0239. The highest BCUT2D eigenvalue weighted by molar-refractivity contribution is 6.35. The summed E-state index contributed by atoms with van der Waals surface area (Å²) in [6.45, 7) is 2.02. The average molecular weight is 377 g/mol. The minimum Gasteiger partial charge on any atom is -0.334 e. The number of piperidine rings is 1. The van der Waals surface area contributed by atoms with Crippen molar-refractivity contribution in [2.24, 2.45) is 5.92 Å². The molecule has 0 aliphatic carbocycles. The maximum absolute atomic E-state index is 12.4. The van der Waals surface area contributed by atoms with Crippen LogP contribution in [0.1, 0.15) is 24.0 Å². The highest BCUT2D eigenvalue weighted by Crippen LogP contribution is 2.23. The third kappa shape index (κ3) is 5.13. The van der Waals surface area contributed by atoms with E-state index in [1.165, 1.54) is 5.56 Å². The molecule has 2 aromatic rings. The molecule has 1 N–H and O–H groups in total. The first kappa shape index (κ1) is 18.1. The van der Waals surface area contributed by atoms with Crippen LogP contribution >= 0.6 is 23.2 Å². The number of benzene rings is 2. The minimum atomic E-state index is -0.0239. The number of nitrogens with one attached hydrogen (secondary N) is 1. The van der Waals surface area contributed by atoms with Crippen LogP contribution in [-0.4, -0.2) is 24.0 Å². The molecule has 0 spiro atoms. The van der Waals surface area contributed by atoms with Crippen LogP contribution in [0, 0.1) is 5.92 Å². The Balaban J connectivity index is 1.45. The summed E-state index contributed by atoms with van der Waals surface area (Å²) in [5.41, 5.74) is 2.25. The molecule has 1 saturated heterocycles. The number of halogens is 2. The largest absolute Gasteiger partial charge is 0.334 e. The standard InChI is InChI=1S/C20H22Cl2N2O/c21-18-7-6-17(19(22)13-18)14-23-20(25)24-10-8-16(9-11-24)12-15-4-2-1-3-5-15/h1-7,13,16H,8-12,14H2,(H,23,25). The Morgan fingerprint density at radius 1 is 1.08 bits per heavy atom. The fraction of sp³-hybridized carbons (Fsp3) is 0.350. The molecule has 2 amide bonds. The summed E-state index contributed by atoms with van der Waals surface area (Å²) in [6.07, 6.45) is 3.19. The molecule has 5 heteroatoms. The van der Waals surface area contributed by atoms with E-state index in [2.05, 4.69) is 29.6 Å². The van der Waals surface area contributed by atoms with Crippen LogP contribution in [0.25, 0.3) is 0 Å². The Morgan fingerprint density at radius 3 is 2.48 bits per heavy atom. The SMILES string of the molecule is O=C(NCc1ccc(Cl)cc1Cl)N1CCC(Cc2ccccc2)CC1. The van der Waals surface area contributed by atoms with Gasteiger partial charge in [-0.25, -0.2) is 4.79 Å². The van der Waals surface area contributed by atoms with Crippen molar-refractivity contribution in [2.75, 3.05) is 13.1 Å². The number of hydrogen-bond donors (Lipinski definition) is 1. The molecule has 3 rings (SSSR count). The van der Waals surface area contributed by atoms with E-state index in [9.17, 15) is 4.79 Å². The first-order valence-electron chi connectivity index (χ1n) is 8.62. The van der Waals surface area contributed by atoms with Gasteiger partial charge in [0, 0.05) is 29.7 Å². The summed E-state index contributed by atoms with van der Waals surface area (Å²) in [5.74, 6) is 0.650. The first-order chi connectivity index (χ1) is 12.1. The van der Waals surface area contributed by atoms with Gasteiger partial charge >= 0.3 is 6.03 Å². The van der Waals surface area contributed by atoms with Crippen LogP contribution in [0.2, 0.25) is 10.0 Å². The van der Waals surface area contributed by atoms with Crippen LogP contribution in [-0.2, 0) is 13.0 Å². The highest BCUT2D eigenvalue weighted by atomic mass is 35.5. The van der Waals surface area contributed by atoms with Crippen molar-refractivity contribution in [3.63, 3.8) is 0 Å². The molecular weight excluding hydrogens is 355 g/mol. The van der Waals surface area contributed by atoms with Crippen LogP contribution in [0.5, 0.6) is 0 Å². The lowest BCUT2D eigenvalue weighted by Gasteiger charge is -2.32. The van der Waals surface area contributed by atoms with E-state index in [1.807, 2.05) is 17.0 Å². The topological polar surface area (TPSA) is 32.3 Å². The van der Waals surface area contributed by atoms with Gasteiger partial charge in [-0.3, -0.25) is 0 Å². The number of rotatable bonds is 4. The Morgan fingerprint density at radius 2 is 1.80 bits per heavy atom. The molecule has 1 heterocycles. The van der Waals surface area contributed by atoms with Crippen LogP contribution in [0.15, 0.2) is 48.5 Å². The zero-order valence-electron chi connectivity index (χ0n) is 14.1. The second kappa shape index (κ2) is 8.59. The third-order valence-corrected chi connectivity index (χ3v) is 5.30. The van der Waals surface area contributed by atoms with Gasteiger partial charge in [-0.15, -0.1) is 0 Å². The van der Waals surface area contributed by atoms with Gasteiger partial charge in [0.05, 0.1) is 0 Å². The smallest absolute Gasteiger partial charge is 0.317 e. The van der Waals surface area contributed by atoms with E-state index in [0.29, 0.717) is 22.5 Å². The predicted molar refractivity (Wildman–Crippen MR) is 103 cm³/mol. The Kier molecular flexibility index (Phi) is 6.22. The molecule has 0 unspecified atom stereocenters. The molecule has 1 fully saturated rings. The highest BCUT2D eigenvalue weighted by Gasteiger charge is 2.22. The number of amides is 2. The van der Waals surface area contributed by atoms with Crippen molar-refractivity contribution in [2.45, 2.75) is 25.8 Å². The average Bonchev–Trinajstić information content (AvgIpc) is 2.62. The maximum atomic E-state index is 12.4. The van der Waals surface area contributed by atoms with E-state index < -0.39 is 0 Å². The van der Waals surface area contributed by atoms with Crippen molar-refractivity contribution < 1.29 is 4.79 Å². The number of hydrogen-bond acceptors (Lipinski definition) is 1. The molecule has 0 saturated carbocycles. The van der Waals surface area contributed by atoms with Gasteiger partial charge in [0.2, 0.25) is 0 Å². The second-order valence-corrected chi connectivity index (χ2v) is 7.36. The molecule has 0 radical (unpaired) electrons. The summed E-state index contributed by atoms with van der Waals surface area (Å²) < 4.78 is 0. The van der Waals surface area contributed by atoms with E-state index in [-0.39, 0.29) is 6.03 Å². The first-order valence-corrected chi connectivity index (χ1v) is 9.38. The Hall–Kier alpha value is -1.71. The normalized spacial score (nSPS) is 15.2. The van der Waals surface area contributed by atoms with Gasteiger partial charge in [0.25, 0.3) is 0 Å². The predicted octanol–water partition coefficient (Wildman–Crippen LogP) is 5.16. The summed E-state index contributed by atoms with van der Waals surface area (Å²) in [4.78, 5) is 14.3. The second-order valence-electron chi connectivity index (χ2n) is 6.51. The third-order valence-electron chi connectivity index (χ3n) is 4.71. The number of urea groups is 1. The van der Waals surface area contributed by atoms with Gasteiger partial charge in [0.15, 0.2) is 0 Å². The molecule has 2 aromatic carbocycles. The van der Waals surface area contributed by atoms with Crippen molar-refractivity contribution in [3.05, 3.63) is 69.7 Å². The zero-order valence-corrected chi connectivity index (χ0v) is 15.6. The quantitative estimate of drug-likeness (QED) is 0.785. The Labute approximate surface area is 158 Å². The van der Waals surface area contributed by atoms with Gasteiger partial charge in [-0.05, 0) is 48.4 Å². The lowest BCUT2D eigenvalue weighted by atomic mass is 9.90. The molecule has 25 heavy (non-hydrogen) atoms. The molecular formula is C20H22Cl2N2O. The maximum Gasteiger partial charge on any atom is 0.317 e. The lowest BCUT2D eigenvalue weighted by Crippen LogP contribution is -2.44. The number of likely N-dealkylation sites (tertiary alicyclic amines) is 1. The van der Waals surface area contributed by atoms with Gasteiger partial charge in [0.1, 0.15) is 0 Å². The van der Waals surface area contributed by atoms with E-state index in [1.54, 1.807) is 12.1 Å². The van der Waals surface area contributed by atoms with Crippen molar-refractivity contribution in [1.29, 1.82) is 0 Å². The fourth-order valence-electron chi connectivity index (χ4n) is 3.24. The number of nitrogens with zero attached hydrogens (tertiary/aromatic N) is 1. The molecule has 132 valence electrons. The monoisotopic (exact) mass is 376 g/mol. The number of carbonyl (C=O) groups is 1. The molecule has 1 aliphatic rings. The van der Waals surface area contributed by atoms with Gasteiger partial charge in [-0.1, -0.05) is 59.6 Å². The summed E-state index contributed by atoms with van der Waals surface area (Å²) in [7, 11) is 0. The molecule has 0 aromatic heterocycles. The lowest BCUT2D eigenvalue weighted by molar-refractivity contribution is 0.170. The fourth-order valence-corrected chi connectivity index (χ4v) is 3.71. The van der Waals surface area contributed by atoms with Crippen LogP contribution in [0.3, 0.4) is 0 Å². The zero-order chi connectivity index (χ0) is 17.6. The molecule has 0 bridgehead atoms. The van der Waals surface area contributed by atoms with Gasteiger partial charge < -0.3 is 10.2 Å². The van der Waals surface area contributed by atoms with Crippen molar-refractivity contribution in [3.8, 4) is 0 Å². The van der Waals surface area contributed by atoms with Crippen LogP contribution in [0.4, 0.5) is 4.79 Å². The summed E-state index contributed by atoms with van der Waals surface area (Å²) >= 11 is 12.0. The van der Waals surface area contributed by atoms with Crippen molar-refractivity contribution >= 4 is 29.2 Å².